The maximum absolute atomic E-state index is 12.0. The van der Waals surface area contributed by atoms with Crippen LogP contribution < -0.4 is 5.32 Å². The molecule has 0 radical (unpaired) electrons. The van der Waals surface area contributed by atoms with Gasteiger partial charge in [0.2, 0.25) is 5.91 Å². The smallest absolute Gasteiger partial charge is 0.228 e. The van der Waals surface area contributed by atoms with Gasteiger partial charge in [-0.1, -0.05) is 52.5 Å². The van der Waals surface area contributed by atoms with Crippen LogP contribution in [0, 0.1) is 0 Å². The van der Waals surface area contributed by atoms with Crippen molar-refractivity contribution in [2.24, 2.45) is 0 Å². The number of nitrogens with one attached hydrogen (secondary N) is 1. The van der Waals surface area contributed by atoms with Gasteiger partial charge in [-0.3, -0.25) is 4.79 Å². The molecule has 0 aliphatic heterocycles. The van der Waals surface area contributed by atoms with E-state index < -0.39 is 0 Å². The van der Waals surface area contributed by atoms with E-state index in [0.29, 0.717) is 31.3 Å². The maximum atomic E-state index is 12.0. The molecule has 1 N–H and O–H groups in total. The van der Waals surface area contributed by atoms with Crippen LogP contribution in [0.5, 0.6) is 0 Å². The lowest BCUT2D eigenvalue weighted by Gasteiger charge is -2.08. The van der Waals surface area contributed by atoms with Crippen LogP contribution in [0.2, 0.25) is 20.1 Å². The fourth-order valence-corrected chi connectivity index (χ4v) is 2.67. The van der Waals surface area contributed by atoms with Crippen LogP contribution in [-0.2, 0) is 11.2 Å². The van der Waals surface area contributed by atoms with Crippen LogP contribution in [0.1, 0.15) is 5.56 Å². The second-order valence-corrected chi connectivity index (χ2v) is 5.84. The summed E-state index contributed by atoms with van der Waals surface area (Å²) in [5, 5.41) is 4.61. The number of carbonyl (C=O) groups is 1. The molecule has 2 rings (SSSR count). The van der Waals surface area contributed by atoms with Gasteiger partial charge in [0.25, 0.3) is 0 Å². The highest BCUT2D eigenvalue weighted by molar-refractivity contribution is 6.35. The van der Waals surface area contributed by atoms with E-state index in [2.05, 4.69) is 5.32 Å². The topological polar surface area (TPSA) is 29.1 Å². The van der Waals surface area contributed by atoms with Crippen molar-refractivity contribution in [2.75, 3.05) is 5.32 Å². The van der Waals surface area contributed by atoms with E-state index in [9.17, 15) is 4.79 Å². The van der Waals surface area contributed by atoms with Gasteiger partial charge in [0.1, 0.15) is 0 Å². The van der Waals surface area contributed by atoms with Crippen LogP contribution in [0.4, 0.5) is 5.69 Å². The summed E-state index contributed by atoms with van der Waals surface area (Å²) in [6.07, 6.45) is 0.139. The van der Waals surface area contributed by atoms with Crippen LogP contribution in [0.25, 0.3) is 0 Å². The molecular weight excluding hydrogens is 340 g/mol. The fourth-order valence-electron chi connectivity index (χ4n) is 1.67. The first-order valence-electron chi connectivity index (χ1n) is 5.64. The van der Waals surface area contributed by atoms with Crippen LogP contribution in [-0.4, -0.2) is 5.91 Å². The summed E-state index contributed by atoms with van der Waals surface area (Å²) in [5.74, 6) is -0.215. The third kappa shape index (κ3) is 4.29. The average Bonchev–Trinajstić information content (AvgIpc) is 2.31. The molecule has 2 aromatic rings. The van der Waals surface area contributed by atoms with Crippen molar-refractivity contribution in [3.63, 3.8) is 0 Å². The zero-order valence-electron chi connectivity index (χ0n) is 10.1. The van der Waals surface area contributed by atoms with Gasteiger partial charge in [-0.15, -0.1) is 0 Å². The van der Waals surface area contributed by atoms with Gasteiger partial charge in [-0.25, -0.2) is 0 Å². The quantitative estimate of drug-likeness (QED) is 0.781. The summed E-state index contributed by atoms with van der Waals surface area (Å²) >= 11 is 23.6. The summed E-state index contributed by atoms with van der Waals surface area (Å²) in [6, 6.07) is 9.84. The number of benzene rings is 2. The maximum Gasteiger partial charge on any atom is 0.228 e. The molecule has 0 heterocycles. The normalized spacial score (nSPS) is 10.4. The van der Waals surface area contributed by atoms with Crippen molar-refractivity contribution >= 4 is 58.0 Å². The number of halogens is 4. The minimum Gasteiger partial charge on any atom is -0.326 e. The second kappa shape index (κ2) is 6.68. The first-order valence-corrected chi connectivity index (χ1v) is 7.15. The highest BCUT2D eigenvalue weighted by Gasteiger charge is 2.09. The molecule has 0 saturated carbocycles. The first-order chi connectivity index (χ1) is 9.44. The lowest BCUT2D eigenvalue weighted by atomic mass is 10.1. The van der Waals surface area contributed by atoms with Crippen LogP contribution >= 0.6 is 46.4 Å². The van der Waals surface area contributed by atoms with Gasteiger partial charge in [-0.05, 0) is 35.9 Å². The highest BCUT2D eigenvalue weighted by atomic mass is 35.5. The van der Waals surface area contributed by atoms with Crippen molar-refractivity contribution < 1.29 is 4.79 Å². The number of hydrogen-bond donors (Lipinski definition) is 1. The zero-order chi connectivity index (χ0) is 14.7. The third-order valence-corrected chi connectivity index (χ3v) is 3.54. The Hall–Kier alpha value is -0.930. The zero-order valence-corrected chi connectivity index (χ0v) is 13.1. The molecule has 0 bridgehead atoms. The number of rotatable bonds is 3. The SMILES string of the molecule is O=C(Cc1ccc(Cl)cc1Cl)Nc1cc(Cl)cc(Cl)c1. The Bertz CT molecular complexity index is 637. The standard InChI is InChI=1S/C14H9Cl4NO/c15-9-2-1-8(13(18)7-9)3-14(20)19-12-5-10(16)4-11(17)6-12/h1-2,4-7H,3H2,(H,19,20). The summed E-state index contributed by atoms with van der Waals surface area (Å²) in [7, 11) is 0. The van der Waals surface area contributed by atoms with Crippen LogP contribution in [0.3, 0.4) is 0 Å². The van der Waals surface area contributed by atoms with E-state index in [4.69, 9.17) is 46.4 Å². The number of carbonyl (C=O) groups excluding carboxylic acids is 1. The molecule has 0 spiro atoms. The molecule has 0 unspecified atom stereocenters. The van der Waals surface area contributed by atoms with Crippen molar-refractivity contribution in [3.8, 4) is 0 Å². The first kappa shape index (κ1) is 15.5. The van der Waals surface area contributed by atoms with Gasteiger partial charge in [0.05, 0.1) is 6.42 Å². The van der Waals surface area contributed by atoms with Gasteiger partial charge in [0.15, 0.2) is 0 Å². The molecule has 0 aliphatic carbocycles. The predicted molar refractivity (Wildman–Crippen MR) is 85.3 cm³/mol. The predicted octanol–water partition coefficient (Wildman–Crippen LogP) is 5.48. The molecular formula is C14H9Cl4NO. The molecule has 20 heavy (non-hydrogen) atoms. The minimum atomic E-state index is -0.215. The van der Waals surface area contributed by atoms with E-state index in [1.807, 2.05) is 0 Å². The van der Waals surface area contributed by atoms with Gasteiger partial charge in [-0.2, -0.15) is 0 Å². The molecule has 0 aromatic heterocycles. The second-order valence-electron chi connectivity index (χ2n) is 4.12. The van der Waals surface area contributed by atoms with Crippen molar-refractivity contribution in [1.29, 1.82) is 0 Å². The molecule has 1 amide bonds. The molecule has 104 valence electrons. The highest BCUT2D eigenvalue weighted by Crippen LogP contribution is 2.24. The third-order valence-electron chi connectivity index (χ3n) is 2.51. The fraction of sp³-hybridized carbons (Fsp3) is 0.0714. The molecule has 2 nitrogen and oxygen atoms in total. The van der Waals surface area contributed by atoms with Crippen molar-refractivity contribution in [1.82, 2.24) is 0 Å². The summed E-state index contributed by atoms with van der Waals surface area (Å²) < 4.78 is 0. The van der Waals surface area contributed by atoms with Gasteiger partial charge in [0, 0.05) is 25.8 Å². The lowest BCUT2D eigenvalue weighted by molar-refractivity contribution is -0.115. The Balaban J connectivity index is 2.09. The summed E-state index contributed by atoms with van der Waals surface area (Å²) in [5.41, 5.74) is 1.24. The largest absolute Gasteiger partial charge is 0.326 e. The van der Waals surface area contributed by atoms with E-state index in [1.54, 1.807) is 36.4 Å². The monoisotopic (exact) mass is 347 g/mol. The van der Waals surface area contributed by atoms with E-state index in [-0.39, 0.29) is 12.3 Å². The van der Waals surface area contributed by atoms with Gasteiger partial charge < -0.3 is 5.32 Å². The molecule has 0 atom stereocenters. The molecule has 0 aliphatic rings. The Labute approximate surface area is 136 Å². The average molecular weight is 349 g/mol. The molecule has 6 heteroatoms. The number of amides is 1. The van der Waals surface area contributed by atoms with Crippen molar-refractivity contribution in [3.05, 3.63) is 62.1 Å². The molecule has 0 saturated heterocycles. The van der Waals surface area contributed by atoms with E-state index in [1.165, 1.54) is 0 Å². The Morgan fingerprint density at radius 2 is 1.55 bits per heavy atom. The minimum absolute atomic E-state index is 0.139. The lowest BCUT2D eigenvalue weighted by Crippen LogP contribution is -2.14. The summed E-state index contributed by atoms with van der Waals surface area (Å²) in [6.45, 7) is 0. The van der Waals surface area contributed by atoms with Crippen molar-refractivity contribution in [2.45, 2.75) is 6.42 Å². The van der Waals surface area contributed by atoms with Crippen LogP contribution in [0.15, 0.2) is 36.4 Å². The number of hydrogen-bond acceptors (Lipinski definition) is 1. The Morgan fingerprint density at radius 3 is 2.15 bits per heavy atom. The Morgan fingerprint density at radius 1 is 0.900 bits per heavy atom. The molecule has 2 aromatic carbocycles. The van der Waals surface area contributed by atoms with E-state index in [0.717, 1.165) is 0 Å². The molecule has 0 fully saturated rings. The number of anilines is 1. The Kier molecular flexibility index (Phi) is 5.17. The summed E-state index contributed by atoms with van der Waals surface area (Å²) in [4.78, 5) is 12.0. The van der Waals surface area contributed by atoms with Gasteiger partial charge >= 0.3 is 0 Å². The van der Waals surface area contributed by atoms with E-state index >= 15 is 0 Å².